The van der Waals surface area contributed by atoms with Crippen molar-refractivity contribution in [3.05, 3.63) is 111 Å². The third kappa shape index (κ3) is 5.50. The Labute approximate surface area is 230 Å². The van der Waals surface area contributed by atoms with Crippen LogP contribution in [0.3, 0.4) is 0 Å². The highest BCUT2D eigenvalue weighted by Crippen LogP contribution is 2.36. The number of aryl methyl sites for hydroxylation is 1. The number of hydrogen-bond acceptors (Lipinski definition) is 4. The van der Waals surface area contributed by atoms with Crippen LogP contribution in [0.4, 0.5) is 5.69 Å². The lowest BCUT2D eigenvalue weighted by atomic mass is 10.1. The largest absolute Gasteiger partial charge is 0.488 e. The van der Waals surface area contributed by atoms with Gasteiger partial charge in [0.05, 0.1) is 15.1 Å². The number of amidine groups is 1. The summed E-state index contributed by atoms with van der Waals surface area (Å²) in [5.74, 6) is 0.738. The number of rotatable bonds is 7. The Hall–Kier alpha value is -3.35. The molecule has 4 nitrogen and oxygen atoms in total. The first kappa shape index (κ1) is 25.3. The zero-order valence-corrected chi connectivity index (χ0v) is 23.2. The van der Waals surface area contributed by atoms with Gasteiger partial charge in [-0.2, -0.15) is 0 Å². The summed E-state index contributed by atoms with van der Waals surface area (Å²) in [7, 11) is 0. The number of halogens is 1. The standard InChI is InChI=1S/C31H27BrN2O2S/c1-3-22-10-6-8-15-27(22)33-31-34(4-2)30(35)29(37-31)19-21-16-17-28(26(32)18-21)36-20-24-13-9-12-23-11-5-7-14-25(23)24/h5-19H,3-4,20H2,1-2H3/b29-19+,33-31?. The molecule has 1 heterocycles. The Morgan fingerprint density at radius 1 is 0.946 bits per heavy atom. The molecular weight excluding hydrogens is 544 g/mol. The molecule has 0 bridgehead atoms. The predicted octanol–water partition coefficient (Wildman–Crippen LogP) is 8.37. The van der Waals surface area contributed by atoms with E-state index in [9.17, 15) is 4.79 Å². The lowest BCUT2D eigenvalue weighted by molar-refractivity contribution is -0.122. The SMILES string of the molecule is CCc1ccccc1N=C1S/C(=C/c2ccc(OCc3cccc4ccccc34)c(Br)c2)C(=O)N1CC. The number of nitrogens with zero attached hydrogens (tertiary/aromatic N) is 2. The molecule has 0 saturated carbocycles. The average molecular weight is 572 g/mol. The molecule has 0 unspecified atom stereocenters. The van der Waals surface area contributed by atoms with Crippen molar-refractivity contribution >= 4 is 61.3 Å². The Bertz CT molecular complexity index is 1520. The molecule has 0 N–H and O–H groups in total. The third-order valence-electron chi connectivity index (χ3n) is 6.31. The van der Waals surface area contributed by atoms with E-state index in [1.807, 2.05) is 61.5 Å². The summed E-state index contributed by atoms with van der Waals surface area (Å²) >= 11 is 5.07. The number of fused-ring (bicyclic) bond motifs is 1. The van der Waals surface area contributed by atoms with Gasteiger partial charge in [-0.15, -0.1) is 0 Å². The van der Waals surface area contributed by atoms with Gasteiger partial charge in [-0.05, 0) is 92.8 Å². The van der Waals surface area contributed by atoms with E-state index in [2.05, 4.69) is 59.3 Å². The second-order valence-electron chi connectivity index (χ2n) is 8.65. The number of para-hydroxylation sites is 1. The molecular formula is C31H27BrN2O2S. The number of hydrogen-bond donors (Lipinski definition) is 0. The molecule has 1 fully saturated rings. The maximum absolute atomic E-state index is 13.1. The summed E-state index contributed by atoms with van der Waals surface area (Å²) < 4.78 is 6.99. The molecule has 186 valence electrons. The molecule has 4 aromatic carbocycles. The van der Waals surface area contributed by atoms with Crippen molar-refractivity contribution in [2.45, 2.75) is 26.9 Å². The van der Waals surface area contributed by atoms with Crippen molar-refractivity contribution in [1.82, 2.24) is 4.90 Å². The van der Waals surface area contributed by atoms with Crippen LogP contribution in [0.1, 0.15) is 30.5 Å². The highest BCUT2D eigenvalue weighted by atomic mass is 79.9. The van der Waals surface area contributed by atoms with Gasteiger partial charge in [0.15, 0.2) is 5.17 Å². The van der Waals surface area contributed by atoms with Crippen LogP contribution in [-0.2, 0) is 17.8 Å². The van der Waals surface area contributed by atoms with E-state index in [4.69, 9.17) is 9.73 Å². The molecule has 0 atom stereocenters. The van der Waals surface area contributed by atoms with Crippen molar-refractivity contribution in [2.75, 3.05) is 6.54 Å². The predicted molar refractivity (Wildman–Crippen MR) is 158 cm³/mol. The Morgan fingerprint density at radius 3 is 2.51 bits per heavy atom. The molecule has 0 spiro atoms. The summed E-state index contributed by atoms with van der Waals surface area (Å²) in [6.45, 7) is 5.13. The maximum atomic E-state index is 13.1. The van der Waals surface area contributed by atoms with Crippen LogP contribution in [-0.4, -0.2) is 22.5 Å². The monoisotopic (exact) mass is 570 g/mol. The topological polar surface area (TPSA) is 41.9 Å². The lowest BCUT2D eigenvalue weighted by Gasteiger charge is -2.13. The summed E-state index contributed by atoms with van der Waals surface area (Å²) in [5, 5.41) is 3.11. The smallest absolute Gasteiger partial charge is 0.266 e. The van der Waals surface area contributed by atoms with Crippen LogP contribution in [0.25, 0.3) is 16.8 Å². The molecule has 0 radical (unpaired) electrons. The molecule has 0 aliphatic carbocycles. The number of likely N-dealkylation sites (N-methyl/N-ethyl adjacent to an activating group) is 1. The normalized spacial score (nSPS) is 15.8. The van der Waals surface area contributed by atoms with Gasteiger partial charge in [-0.25, -0.2) is 4.99 Å². The highest BCUT2D eigenvalue weighted by Gasteiger charge is 2.32. The molecule has 1 aliphatic rings. The van der Waals surface area contributed by atoms with E-state index in [0.29, 0.717) is 23.2 Å². The molecule has 4 aromatic rings. The minimum Gasteiger partial charge on any atom is -0.488 e. The van der Waals surface area contributed by atoms with Crippen LogP contribution in [0.5, 0.6) is 5.75 Å². The fraction of sp³-hybridized carbons (Fsp3) is 0.161. The molecule has 1 saturated heterocycles. The molecule has 5 rings (SSSR count). The number of thioether (sulfide) groups is 1. The first-order valence-electron chi connectivity index (χ1n) is 12.3. The Kier molecular flexibility index (Phi) is 7.77. The van der Waals surface area contributed by atoms with Crippen molar-refractivity contribution in [1.29, 1.82) is 0 Å². The number of aliphatic imine (C=N–C) groups is 1. The average Bonchev–Trinajstić information content (AvgIpc) is 3.21. The van der Waals surface area contributed by atoms with Gasteiger partial charge in [0.1, 0.15) is 12.4 Å². The Morgan fingerprint density at radius 2 is 1.70 bits per heavy atom. The van der Waals surface area contributed by atoms with Crippen LogP contribution in [0.15, 0.2) is 99.3 Å². The van der Waals surface area contributed by atoms with Crippen molar-refractivity contribution in [2.24, 2.45) is 4.99 Å². The van der Waals surface area contributed by atoms with E-state index in [0.717, 1.165) is 33.5 Å². The van der Waals surface area contributed by atoms with Crippen molar-refractivity contribution in [3.8, 4) is 5.75 Å². The van der Waals surface area contributed by atoms with Crippen LogP contribution < -0.4 is 4.74 Å². The van der Waals surface area contributed by atoms with E-state index >= 15 is 0 Å². The number of amides is 1. The molecule has 1 aliphatic heterocycles. The van der Waals surface area contributed by atoms with Gasteiger partial charge in [-0.3, -0.25) is 9.69 Å². The van der Waals surface area contributed by atoms with Crippen LogP contribution >= 0.6 is 27.7 Å². The maximum Gasteiger partial charge on any atom is 0.266 e. The lowest BCUT2D eigenvalue weighted by Crippen LogP contribution is -2.28. The van der Waals surface area contributed by atoms with Gasteiger partial charge in [-0.1, -0.05) is 73.7 Å². The number of carbonyl (C=O) groups is 1. The first-order chi connectivity index (χ1) is 18.1. The fourth-order valence-electron chi connectivity index (χ4n) is 4.34. The quantitative estimate of drug-likeness (QED) is 0.209. The molecule has 0 aromatic heterocycles. The molecule has 1 amide bonds. The van der Waals surface area contributed by atoms with Gasteiger partial charge in [0.25, 0.3) is 5.91 Å². The third-order valence-corrected chi connectivity index (χ3v) is 7.94. The van der Waals surface area contributed by atoms with Crippen LogP contribution in [0.2, 0.25) is 0 Å². The van der Waals surface area contributed by atoms with E-state index in [-0.39, 0.29) is 5.91 Å². The number of carbonyl (C=O) groups excluding carboxylic acids is 1. The second-order valence-corrected chi connectivity index (χ2v) is 10.5. The van der Waals surface area contributed by atoms with Gasteiger partial charge in [0, 0.05) is 6.54 Å². The summed E-state index contributed by atoms with van der Waals surface area (Å²) in [6, 6.07) is 28.6. The molecule has 6 heteroatoms. The summed E-state index contributed by atoms with van der Waals surface area (Å²) in [5.41, 5.74) is 4.14. The van der Waals surface area contributed by atoms with Gasteiger partial charge >= 0.3 is 0 Å². The van der Waals surface area contributed by atoms with Crippen LogP contribution in [0, 0.1) is 0 Å². The molecule has 37 heavy (non-hydrogen) atoms. The second kappa shape index (κ2) is 11.4. The van der Waals surface area contributed by atoms with E-state index in [1.54, 1.807) is 4.90 Å². The van der Waals surface area contributed by atoms with Crippen molar-refractivity contribution in [3.63, 3.8) is 0 Å². The van der Waals surface area contributed by atoms with Crippen molar-refractivity contribution < 1.29 is 9.53 Å². The van der Waals surface area contributed by atoms with E-state index < -0.39 is 0 Å². The summed E-state index contributed by atoms with van der Waals surface area (Å²) in [4.78, 5) is 20.4. The number of ether oxygens (including phenoxy) is 1. The first-order valence-corrected chi connectivity index (χ1v) is 13.9. The number of benzene rings is 4. The zero-order chi connectivity index (χ0) is 25.8. The summed E-state index contributed by atoms with van der Waals surface area (Å²) in [6.07, 6.45) is 2.81. The minimum absolute atomic E-state index is 0.0207. The Balaban J connectivity index is 1.35. The fourth-order valence-corrected chi connectivity index (χ4v) is 5.91. The highest BCUT2D eigenvalue weighted by molar-refractivity contribution is 9.10. The van der Waals surface area contributed by atoms with E-state index in [1.165, 1.54) is 28.1 Å². The van der Waals surface area contributed by atoms with Gasteiger partial charge in [0.2, 0.25) is 0 Å². The zero-order valence-electron chi connectivity index (χ0n) is 20.8. The minimum atomic E-state index is -0.0207. The van der Waals surface area contributed by atoms with Gasteiger partial charge < -0.3 is 4.74 Å².